The summed E-state index contributed by atoms with van der Waals surface area (Å²) in [6, 6.07) is -11.4. The number of benzene rings is 1. The molecule has 2 heterocycles. The lowest BCUT2D eigenvalue weighted by Crippen LogP contribution is -2.62. The number of aliphatic hydroxyl groups is 1. The fourth-order valence-corrected chi connectivity index (χ4v) is 11.4. The van der Waals surface area contributed by atoms with E-state index in [2.05, 4.69) is 84.1 Å². The van der Waals surface area contributed by atoms with Gasteiger partial charge >= 0.3 is 11.9 Å². The summed E-state index contributed by atoms with van der Waals surface area (Å²) >= 11 is 0. The topological polar surface area (TPSA) is 699 Å². The number of rotatable bonds is 49. The first kappa shape index (κ1) is 95.3. The van der Waals surface area contributed by atoms with Crippen molar-refractivity contribution in [2.45, 2.75) is 224 Å². The molecule has 3 rings (SSSR count). The lowest BCUT2D eigenvalue weighted by Gasteiger charge is -2.32. The van der Waals surface area contributed by atoms with Crippen LogP contribution < -0.4 is 97.8 Å². The third-order valence-electron chi connectivity index (χ3n) is 17.4. The summed E-state index contributed by atoms with van der Waals surface area (Å²) in [6.07, 6.45) is -2.45. The van der Waals surface area contributed by atoms with Crippen molar-refractivity contribution in [1.29, 1.82) is 0 Å². The Labute approximate surface area is 651 Å². The summed E-state index contributed by atoms with van der Waals surface area (Å²) in [5.74, 6) is -20.0. The van der Waals surface area contributed by atoms with Crippen LogP contribution in [0.4, 0.5) is 0 Å². The number of hydrogen-bond donors (Lipinski definition) is 22. The van der Waals surface area contributed by atoms with Gasteiger partial charge in [-0.25, -0.2) is 4.98 Å². The molecule has 0 unspecified atom stereocenters. The second kappa shape index (κ2) is 47.3. The van der Waals surface area contributed by atoms with Gasteiger partial charge < -0.3 is 123 Å². The molecule has 0 bridgehead atoms. The van der Waals surface area contributed by atoms with Crippen LogP contribution in [0.15, 0.2) is 47.8 Å². The number of primary amides is 2. The molecular formula is C70H110N22O21. The van der Waals surface area contributed by atoms with E-state index in [0.717, 1.165) is 11.8 Å². The van der Waals surface area contributed by atoms with Crippen LogP contribution in [-0.4, -0.2) is 253 Å². The van der Waals surface area contributed by atoms with E-state index in [1.807, 2.05) is 0 Å². The van der Waals surface area contributed by atoms with Crippen LogP contribution in [0, 0.1) is 17.8 Å². The molecule has 27 N–H and O–H groups in total. The Bertz CT molecular complexity index is 3690. The van der Waals surface area contributed by atoms with Gasteiger partial charge in [0.25, 0.3) is 0 Å². The molecule has 0 aliphatic carbocycles. The molecule has 626 valence electrons. The van der Waals surface area contributed by atoms with Gasteiger partial charge in [0.05, 0.1) is 44.4 Å². The maximum absolute atomic E-state index is 14.6. The molecule has 0 spiro atoms. The van der Waals surface area contributed by atoms with Gasteiger partial charge in [-0.1, -0.05) is 71.9 Å². The van der Waals surface area contributed by atoms with Crippen LogP contribution in [0.2, 0.25) is 0 Å². The van der Waals surface area contributed by atoms with Crippen LogP contribution in [0.1, 0.15) is 138 Å². The van der Waals surface area contributed by atoms with E-state index in [4.69, 9.17) is 33.8 Å². The summed E-state index contributed by atoms with van der Waals surface area (Å²) in [6.45, 7) is 11.9. The number of carbonyl (C=O) groups is 18. The smallest absolute Gasteiger partial charge is 0.325 e. The van der Waals surface area contributed by atoms with Gasteiger partial charge in [0.2, 0.25) is 94.5 Å². The number of aliphatic imine (C=N–C) groups is 1. The average Bonchev–Trinajstić information content (AvgIpc) is 1.72. The number of aromatic amines is 1. The number of amides is 16. The number of likely N-dealkylation sites (tertiary alicyclic amines) is 1. The molecule has 2 aromatic rings. The second-order valence-corrected chi connectivity index (χ2v) is 28.5. The molecule has 43 heteroatoms. The third kappa shape index (κ3) is 34.5. The number of hydrogen-bond acceptors (Lipinski definition) is 22. The van der Waals surface area contributed by atoms with Crippen molar-refractivity contribution in [2.24, 2.45) is 51.4 Å². The monoisotopic (exact) mass is 1590 g/mol. The minimum Gasteiger partial charge on any atom is -0.481 e. The number of carbonyl (C=O) groups excluding carboxylic acids is 16. The number of carboxylic acid groups (broad SMARTS) is 2. The predicted octanol–water partition coefficient (Wildman–Crippen LogP) is -8.00. The minimum atomic E-state index is -1.84. The number of nitrogens with one attached hydrogen (secondary N) is 14. The van der Waals surface area contributed by atoms with Crippen molar-refractivity contribution in [3.05, 3.63) is 54.1 Å². The number of guanidine groups is 1. The highest BCUT2D eigenvalue weighted by molar-refractivity contribution is 6.01. The highest BCUT2D eigenvalue weighted by Crippen LogP contribution is 2.22. The van der Waals surface area contributed by atoms with Gasteiger partial charge in [0.15, 0.2) is 5.96 Å². The molecule has 14 atom stereocenters. The van der Waals surface area contributed by atoms with Gasteiger partial charge in [-0.2, -0.15) is 0 Å². The normalized spacial score (nSPS) is 15.9. The molecule has 1 fully saturated rings. The number of imidazole rings is 1. The summed E-state index contributed by atoms with van der Waals surface area (Å²) < 4.78 is 0. The van der Waals surface area contributed by atoms with Crippen molar-refractivity contribution in [1.82, 2.24) is 84.0 Å². The van der Waals surface area contributed by atoms with Crippen molar-refractivity contribution < 1.29 is 102 Å². The molecule has 1 aromatic heterocycles. The van der Waals surface area contributed by atoms with Crippen LogP contribution in [0.3, 0.4) is 0 Å². The van der Waals surface area contributed by atoms with E-state index < -0.39 is 242 Å². The van der Waals surface area contributed by atoms with E-state index in [0.29, 0.717) is 5.56 Å². The maximum Gasteiger partial charge on any atom is 0.325 e. The lowest BCUT2D eigenvalue weighted by atomic mass is 10.00. The lowest BCUT2D eigenvalue weighted by molar-refractivity contribution is -0.143. The van der Waals surface area contributed by atoms with E-state index in [1.165, 1.54) is 26.4 Å². The number of aliphatic carboxylic acids is 2. The van der Waals surface area contributed by atoms with Crippen molar-refractivity contribution in [3.8, 4) is 0 Å². The molecule has 1 aromatic carbocycles. The molecule has 1 aliphatic rings. The Balaban J connectivity index is 1.89. The number of nitrogens with zero attached hydrogens (tertiary/aromatic N) is 3. The van der Waals surface area contributed by atoms with Crippen molar-refractivity contribution >= 4 is 112 Å². The second-order valence-electron chi connectivity index (χ2n) is 28.5. The van der Waals surface area contributed by atoms with Gasteiger partial charge in [-0.3, -0.25) is 91.3 Å². The minimum absolute atomic E-state index is 0.0275. The molecule has 113 heavy (non-hydrogen) atoms. The van der Waals surface area contributed by atoms with Gasteiger partial charge in [0, 0.05) is 44.2 Å². The first-order valence-electron chi connectivity index (χ1n) is 36.7. The van der Waals surface area contributed by atoms with Crippen LogP contribution in [0.25, 0.3) is 0 Å². The Kier molecular flexibility index (Phi) is 39.9. The standard InChI is InChI=1S/C70H110N22O21/c1-33(2)23-44(86-58(101)41(71)27-50(72)94)59(102)79-31-53(97)83-46(25-39-15-11-10-12-16-39)63(106)82-36(7)57(100)91-56(38(9)93)67(110)89-45(24-34(3)4)64(107)84-42(17-13-21-77-70(74)75)61(104)85-43(19-20-54(98)99)62(105)87-47(26-40-29-76-32-80-40)65(108)90-55(35(5)6)68(111)92-22-14-18-49(92)66(109)88-48(28-51(73)95)60(103)78-30-52(96)81-37(8)69(112)113/h10-12,15-16,29,32-38,41-49,55-56,93H,13-14,17-28,30-31,71H2,1-9H3,(H2,72,94)(H2,73,95)(H,76,80)(H,78,103)(H,79,102)(H,81,96)(H,82,106)(H,83,97)(H,84,107)(H,85,104)(H,86,101)(H,87,105)(H,88,109)(H,89,110)(H,90,108)(H,91,100)(H,98,99)(H,112,113)(H4,74,75,77)/t36-,37-,38+,41-,42-,43-,44-,45-,46-,47-,48-,49-,55-,56-/m0/s1. The van der Waals surface area contributed by atoms with Gasteiger partial charge in [0.1, 0.15) is 72.5 Å². The number of H-pyrrole nitrogens is 1. The van der Waals surface area contributed by atoms with Gasteiger partial charge in [-0.05, 0) is 89.0 Å². The third-order valence-corrected chi connectivity index (χ3v) is 17.4. The Morgan fingerprint density at radius 1 is 0.540 bits per heavy atom. The predicted molar refractivity (Wildman–Crippen MR) is 401 cm³/mol. The number of aromatic nitrogens is 2. The maximum atomic E-state index is 14.6. The fraction of sp³-hybridized carbons (Fsp3) is 0.600. The number of nitrogens with two attached hydrogens (primary N) is 5. The Morgan fingerprint density at radius 2 is 1.04 bits per heavy atom. The Morgan fingerprint density at radius 3 is 1.58 bits per heavy atom. The molecular weight excluding hydrogens is 1480 g/mol. The molecule has 0 saturated carbocycles. The molecule has 0 radical (unpaired) electrons. The first-order valence-corrected chi connectivity index (χ1v) is 36.7. The summed E-state index contributed by atoms with van der Waals surface area (Å²) in [5, 5.41) is 61.6. The number of aliphatic hydroxyl groups excluding tert-OH is 1. The first-order chi connectivity index (χ1) is 53.0. The van der Waals surface area contributed by atoms with Crippen LogP contribution in [-0.2, 0) is 99.1 Å². The molecule has 16 amide bonds. The van der Waals surface area contributed by atoms with Crippen LogP contribution >= 0.6 is 0 Å². The summed E-state index contributed by atoms with van der Waals surface area (Å²) in [4.78, 5) is 253. The van der Waals surface area contributed by atoms with E-state index >= 15 is 0 Å². The summed E-state index contributed by atoms with van der Waals surface area (Å²) in [7, 11) is 0. The van der Waals surface area contributed by atoms with E-state index in [9.17, 15) is 96.5 Å². The zero-order valence-electron chi connectivity index (χ0n) is 64.6. The molecule has 1 saturated heterocycles. The van der Waals surface area contributed by atoms with E-state index in [-0.39, 0.29) is 82.0 Å². The average molecular weight is 1600 g/mol. The molecule has 1 aliphatic heterocycles. The molecule has 43 nitrogen and oxygen atoms in total. The Hall–Kier alpha value is -11.9. The summed E-state index contributed by atoms with van der Waals surface area (Å²) in [5.41, 5.74) is 28.2. The zero-order valence-corrected chi connectivity index (χ0v) is 64.6. The van der Waals surface area contributed by atoms with Crippen molar-refractivity contribution in [3.63, 3.8) is 0 Å². The highest BCUT2D eigenvalue weighted by atomic mass is 16.4. The zero-order chi connectivity index (χ0) is 85.1. The quantitative estimate of drug-likeness (QED) is 0.0166. The van der Waals surface area contributed by atoms with E-state index in [1.54, 1.807) is 71.9 Å². The highest BCUT2D eigenvalue weighted by Gasteiger charge is 2.42. The van der Waals surface area contributed by atoms with Crippen LogP contribution in [0.5, 0.6) is 0 Å². The number of carboxylic acids is 2. The van der Waals surface area contributed by atoms with Gasteiger partial charge in [-0.15, -0.1) is 0 Å². The fourth-order valence-electron chi connectivity index (χ4n) is 11.4. The van der Waals surface area contributed by atoms with Crippen molar-refractivity contribution in [2.75, 3.05) is 26.2 Å². The SMILES string of the molecule is CC(C)C[C@H](NC(=O)[C@@H](NC(=O)[C@H](C)NC(=O)[C@H](Cc1ccccc1)NC(=O)CNC(=O)[C@H](CC(C)C)NC(=O)[C@@H](N)CC(N)=O)[C@@H](C)O)C(=O)N[C@@H](CCCN=C(N)N)C(=O)N[C@@H](CCC(=O)O)C(=O)N[C@@H](Cc1cnc[nH]1)C(=O)N[C@H](C(=O)N1CCC[C@H]1C(=O)N[C@@H](CC(N)=O)C(=O)NCC(=O)N[C@@H](C)C(=O)O)C(C)C. The largest absolute Gasteiger partial charge is 0.481 e.